The number of nitrogens with one attached hydrogen (secondary N) is 2. The fourth-order valence-corrected chi connectivity index (χ4v) is 1.22. The lowest BCUT2D eigenvalue weighted by Crippen LogP contribution is -2.38. The molecule has 0 radical (unpaired) electrons. The van der Waals surface area contributed by atoms with E-state index in [2.05, 4.69) is 10.6 Å². The van der Waals surface area contributed by atoms with E-state index < -0.39 is 11.7 Å². The summed E-state index contributed by atoms with van der Waals surface area (Å²) in [6.07, 6.45) is 0.00645. The number of hydrogen-bond acceptors (Lipinski definition) is 3. The standard InChI is InChI=1S/C13H26N2O3/c1-12(2,3)9-10(16)14-7-8-15-11(17)18-13(4,5)6/h7-9H2,1-6H3,(H,14,16)(H,15,17). The number of amides is 2. The maximum Gasteiger partial charge on any atom is 0.407 e. The largest absolute Gasteiger partial charge is 0.444 e. The SMILES string of the molecule is CC(C)(C)CC(=O)NCCNC(=O)OC(C)(C)C. The number of hydrogen-bond donors (Lipinski definition) is 2. The van der Waals surface area contributed by atoms with Crippen LogP contribution < -0.4 is 10.6 Å². The van der Waals surface area contributed by atoms with Crippen LogP contribution in [0.2, 0.25) is 0 Å². The monoisotopic (exact) mass is 258 g/mol. The Hall–Kier alpha value is -1.26. The molecule has 18 heavy (non-hydrogen) atoms. The molecule has 5 nitrogen and oxygen atoms in total. The van der Waals surface area contributed by atoms with Crippen LogP contribution in [0.25, 0.3) is 0 Å². The van der Waals surface area contributed by atoms with Gasteiger partial charge in [-0.15, -0.1) is 0 Å². The maximum atomic E-state index is 11.5. The molecule has 0 atom stereocenters. The first-order chi connectivity index (χ1) is 7.99. The quantitative estimate of drug-likeness (QED) is 0.758. The molecule has 0 saturated carbocycles. The number of carbonyl (C=O) groups is 2. The molecule has 0 aromatic rings. The van der Waals surface area contributed by atoms with Gasteiger partial charge in [-0.1, -0.05) is 20.8 Å². The molecule has 0 aliphatic heterocycles. The van der Waals surface area contributed by atoms with Crippen LogP contribution in [0.5, 0.6) is 0 Å². The van der Waals surface area contributed by atoms with E-state index in [1.807, 2.05) is 20.8 Å². The first-order valence-electron chi connectivity index (χ1n) is 6.23. The van der Waals surface area contributed by atoms with Gasteiger partial charge in [-0.05, 0) is 26.2 Å². The van der Waals surface area contributed by atoms with Crippen molar-refractivity contribution in [3.63, 3.8) is 0 Å². The summed E-state index contributed by atoms with van der Waals surface area (Å²) < 4.78 is 5.06. The Labute approximate surface area is 110 Å². The van der Waals surface area contributed by atoms with E-state index in [0.29, 0.717) is 19.5 Å². The van der Waals surface area contributed by atoms with Crippen molar-refractivity contribution in [2.45, 2.75) is 53.6 Å². The van der Waals surface area contributed by atoms with Crippen LogP contribution in [-0.4, -0.2) is 30.7 Å². The van der Waals surface area contributed by atoms with E-state index in [1.54, 1.807) is 20.8 Å². The van der Waals surface area contributed by atoms with Gasteiger partial charge in [0.1, 0.15) is 5.60 Å². The first kappa shape index (κ1) is 16.7. The van der Waals surface area contributed by atoms with Crippen molar-refractivity contribution in [3.05, 3.63) is 0 Å². The van der Waals surface area contributed by atoms with Gasteiger partial charge in [0.05, 0.1) is 0 Å². The summed E-state index contributed by atoms with van der Waals surface area (Å²) in [7, 11) is 0. The van der Waals surface area contributed by atoms with Gasteiger partial charge < -0.3 is 15.4 Å². The zero-order valence-electron chi connectivity index (χ0n) is 12.3. The smallest absolute Gasteiger partial charge is 0.407 e. The Morgan fingerprint density at radius 2 is 1.44 bits per heavy atom. The molecule has 5 heteroatoms. The number of carbonyl (C=O) groups excluding carboxylic acids is 2. The van der Waals surface area contributed by atoms with Gasteiger partial charge in [0.25, 0.3) is 0 Å². The molecule has 2 N–H and O–H groups in total. The van der Waals surface area contributed by atoms with E-state index in [0.717, 1.165) is 0 Å². The molecule has 106 valence electrons. The summed E-state index contributed by atoms with van der Waals surface area (Å²) in [6.45, 7) is 12.2. The van der Waals surface area contributed by atoms with E-state index in [-0.39, 0.29) is 11.3 Å². The zero-order valence-corrected chi connectivity index (χ0v) is 12.3. The predicted octanol–water partition coefficient (Wildman–Crippen LogP) is 2.06. The van der Waals surface area contributed by atoms with Crippen molar-refractivity contribution in [3.8, 4) is 0 Å². The normalized spacial score (nSPS) is 11.9. The molecule has 0 aliphatic rings. The Balaban J connectivity index is 3.69. The summed E-state index contributed by atoms with van der Waals surface area (Å²) in [5, 5.41) is 5.33. The highest BCUT2D eigenvalue weighted by molar-refractivity contribution is 5.76. The summed E-state index contributed by atoms with van der Waals surface area (Å²) in [5.41, 5.74) is -0.526. The molecule has 0 aliphatic carbocycles. The first-order valence-corrected chi connectivity index (χ1v) is 6.23. The average Bonchev–Trinajstić information content (AvgIpc) is 2.06. The van der Waals surface area contributed by atoms with Gasteiger partial charge in [0.15, 0.2) is 0 Å². The summed E-state index contributed by atoms with van der Waals surface area (Å²) >= 11 is 0. The number of alkyl carbamates (subject to hydrolysis) is 1. The molecular formula is C13H26N2O3. The van der Waals surface area contributed by atoms with E-state index in [9.17, 15) is 9.59 Å². The van der Waals surface area contributed by atoms with E-state index in [1.165, 1.54) is 0 Å². The third-order valence-electron chi connectivity index (χ3n) is 1.81. The van der Waals surface area contributed by atoms with Crippen LogP contribution in [0.4, 0.5) is 4.79 Å². The van der Waals surface area contributed by atoms with E-state index >= 15 is 0 Å². The minimum Gasteiger partial charge on any atom is -0.444 e. The molecule has 2 amide bonds. The minimum absolute atomic E-state index is 0.00603. The van der Waals surface area contributed by atoms with Crippen LogP contribution in [0.15, 0.2) is 0 Å². The fourth-order valence-electron chi connectivity index (χ4n) is 1.22. The van der Waals surface area contributed by atoms with Crippen LogP contribution in [0.1, 0.15) is 48.0 Å². The Kier molecular flexibility index (Phi) is 6.15. The van der Waals surface area contributed by atoms with Crippen molar-refractivity contribution in [2.75, 3.05) is 13.1 Å². The van der Waals surface area contributed by atoms with Crippen LogP contribution in [0.3, 0.4) is 0 Å². The average molecular weight is 258 g/mol. The molecule has 0 aromatic heterocycles. The Bertz CT molecular complexity index is 258. The predicted molar refractivity (Wildman–Crippen MR) is 71.3 cm³/mol. The second kappa shape index (κ2) is 6.61. The van der Waals surface area contributed by atoms with Gasteiger partial charge in [0, 0.05) is 19.5 Å². The third kappa shape index (κ3) is 11.2. The lowest BCUT2D eigenvalue weighted by molar-refractivity contribution is -0.122. The highest BCUT2D eigenvalue weighted by Gasteiger charge is 2.16. The second-order valence-corrected chi connectivity index (χ2v) is 6.52. The van der Waals surface area contributed by atoms with Crippen molar-refractivity contribution < 1.29 is 14.3 Å². The summed E-state index contributed by atoms with van der Waals surface area (Å²) in [6, 6.07) is 0. The Morgan fingerprint density at radius 1 is 0.944 bits per heavy atom. The molecule has 0 fully saturated rings. The van der Waals surface area contributed by atoms with Gasteiger partial charge in [0.2, 0.25) is 5.91 Å². The molecule has 0 unspecified atom stereocenters. The summed E-state index contributed by atoms with van der Waals surface area (Å²) in [4.78, 5) is 22.8. The van der Waals surface area contributed by atoms with E-state index in [4.69, 9.17) is 4.74 Å². The summed E-state index contributed by atoms with van der Waals surface area (Å²) in [5.74, 6) is -0.00603. The highest BCUT2D eigenvalue weighted by atomic mass is 16.6. The third-order valence-corrected chi connectivity index (χ3v) is 1.81. The minimum atomic E-state index is -0.500. The van der Waals surface area contributed by atoms with Crippen molar-refractivity contribution in [2.24, 2.45) is 5.41 Å². The topological polar surface area (TPSA) is 67.4 Å². The van der Waals surface area contributed by atoms with Gasteiger partial charge in [-0.25, -0.2) is 4.79 Å². The second-order valence-electron chi connectivity index (χ2n) is 6.52. The zero-order chi connectivity index (χ0) is 14.4. The van der Waals surface area contributed by atoms with Crippen LogP contribution >= 0.6 is 0 Å². The fraction of sp³-hybridized carbons (Fsp3) is 0.846. The Morgan fingerprint density at radius 3 is 1.89 bits per heavy atom. The van der Waals surface area contributed by atoms with Crippen molar-refractivity contribution in [1.29, 1.82) is 0 Å². The van der Waals surface area contributed by atoms with Gasteiger partial charge in [-0.2, -0.15) is 0 Å². The van der Waals surface area contributed by atoms with Crippen molar-refractivity contribution >= 4 is 12.0 Å². The van der Waals surface area contributed by atoms with Gasteiger partial charge >= 0.3 is 6.09 Å². The highest BCUT2D eigenvalue weighted by Crippen LogP contribution is 2.17. The molecule has 0 spiro atoms. The number of ether oxygens (including phenoxy) is 1. The van der Waals surface area contributed by atoms with Crippen molar-refractivity contribution in [1.82, 2.24) is 10.6 Å². The molecular weight excluding hydrogens is 232 g/mol. The van der Waals surface area contributed by atoms with Crippen LogP contribution in [0, 0.1) is 5.41 Å². The molecule has 0 bridgehead atoms. The lowest BCUT2D eigenvalue weighted by Gasteiger charge is -2.20. The molecule has 0 saturated heterocycles. The molecule has 0 aromatic carbocycles. The lowest BCUT2D eigenvalue weighted by atomic mass is 9.92. The maximum absolute atomic E-state index is 11.5. The van der Waals surface area contributed by atoms with Crippen LogP contribution in [-0.2, 0) is 9.53 Å². The molecule has 0 heterocycles. The number of rotatable bonds is 4. The molecule has 0 rings (SSSR count). The van der Waals surface area contributed by atoms with Gasteiger partial charge in [-0.3, -0.25) is 4.79 Å².